The maximum atomic E-state index is 12.9. The van der Waals surface area contributed by atoms with E-state index in [-0.39, 0.29) is 35.5 Å². The Morgan fingerprint density at radius 2 is 2.16 bits per heavy atom. The summed E-state index contributed by atoms with van der Waals surface area (Å²) in [6, 6.07) is 4.09. The number of nitriles is 1. The van der Waals surface area contributed by atoms with Crippen molar-refractivity contribution >= 4 is 5.97 Å². The van der Waals surface area contributed by atoms with Crippen molar-refractivity contribution in [1.82, 2.24) is 0 Å². The Morgan fingerprint density at radius 3 is 2.63 bits per heavy atom. The number of esters is 1. The van der Waals surface area contributed by atoms with E-state index in [1.807, 2.05) is 0 Å². The predicted octanol–water partition coefficient (Wildman–Crippen LogP) is 2.61. The van der Waals surface area contributed by atoms with Gasteiger partial charge in [-0.1, -0.05) is 0 Å². The lowest BCUT2D eigenvalue weighted by atomic mass is 10.0. The van der Waals surface area contributed by atoms with Crippen LogP contribution in [0.1, 0.15) is 30.0 Å². The van der Waals surface area contributed by atoms with Crippen molar-refractivity contribution in [3.63, 3.8) is 0 Å². The number of ether oxygens (including phenoxy) is 2. The first-order valence-corrected chi connectivity index (χ1v) is 5.58. The zero-order valence-corrected chi connectivity index (χ0v) is 10.6. The Balaban J connectivity index is 3.20. The highest BCUT2D eigenvalue weighted by Gasteiger charge is 2.19. The van der Waals surface area contributed by atoms with Gasteiger partial charge in [0.25, 0.3) is 6.43 Å². The molecule has 0 unspecified atom stereocenters. The minimum Gasteiger partial charge on any atom is -0.495 e. The largest absolute Gasteiger partial charge is 0.495 e. The van der Waals surface area contributed by atoms with Crippen LogP contribution in [0.25, 0.3) is 0 Å². The molecule has 19 heavy (non-hydrogen) atoms. The maximum absolute atomic E-state index is 12.9. The van der Waals surface area contributed by atoms with Crippen LogP contribution >= 0.6 is 0 Å². The van der Waals surface area contributed by atoms with Gasteiger partial charge in [-0.15, -0.1) is 0 Å². The van der Waals surface area contributed by atoms with E-state index < -0.39 is 12.4 Å². The average molecular weight is 269 g/mol. The third kappa shape index (κ3) is 3.65. The fourth-order valence-electron chi connectivity index (χ4n) is 1.62. The number of carbonyl (C=O) groups is 1. The van der Waals surface area contributed by atoms with Gasteiger partial charge < -0.3 is 9.47 Å². The summed E-state index contributed by atoms with van der Waals surface area (Å²) in [6.45, 7) is 1.81. The van der Waals surface area contributed by atoms with Crippen molar-refractivity contribution in [3.05, 3.63) is 28.8 Å². The Morgan fingerprint density at radius 1 is 1.47 bits per heavy atom. The average Bonchev–Trinajstić information content (AvgIpc) is 2.38. The number of hydrogen-bond acceptors (Lipinski definition) is 4. The summed E-state index contributed by atoms with van der Waals surface area (Å²) in [4.78, 5) is 11.4. The van der Waals surface area contributed by atoms with E-state index in [9.17, 15) is 13.6 Å². The van der Waals surface area contributed by atoms with Gasteiger partial charge in [0.2, 0.25) is 0 Å². The zero-order chi connectivity index (χ0) is 14.4. The summed E-state index contributed by atoms with van der Waals surface area (Å²) in [6.07, 6.45) is -3.06. The fraction of sp³-hybridized carbons (Fsp3) is 0.385. The van der Waals surface area contributed by atoms with Crippen LogP contribution in [-0.2, 0) is 16.0 Å². The normalized spacial score (nSPS) is 10.1. The molecule has 1 rings (SSSR count). The Labute approximate surface area is 109 Å². The van der Waals surface area contributed by atoms with Gasteiger partial charge in [-0.2, -0.15) is 5.26 Å². The van der Waals surface area contributed by atoms with Crippen LogP contribution < -0.4 is 4.74 Å². The first-order valence-electron chi connectivity index (χ1n) is 5.58. The highest BCUT2D eigenvalue weighted by atomic mass is 19.3. The van der Waals surface area contributed by atoms with Crippen LogP contribution in [0.4, 0.5) is 8.78 Å². The summed E-state index contributed by atoms with van der Waals surface area (Å²) >= 11 is 0. The van der Waals surface area contributed by atoms with Crippen LogP contribution in [0.15, 0.2) is 12.1 Å². The molecule has 0 spiro atoms. The van der Waals surface area contributed by atoms with Crippen LogP contribution in [0.2, 0.25) is 0 Å². The molecule has 4 nitrogen and oxygen atoms in total. The third-order valence-electron chi connectivity index (χ3n) is 2.46. The molecule has 0 atom stereocenters. The van der Waals surface area contributed by atoms with E-state index >= 15 is 0 Å². The number of methoxy groups -OCH3 is 1. The molecule has 0 heterocycles. The lowest BCUT2D eigenvalue weighted by molar-refractivity contribution is -0.142. The quantitative estimate of drug-likeness (QED) is 0.771. The van der Waals surface area contributed by atoms with Crippen molar-refractivity contribution in [3.8, 4) is 11.8 Å². The summed E-state index contributed by atoms with van der Waals surface area (Å²) in [5.74, 6) is -0.442. The zero-order valence-electron chi connectivity index (χ0n) is 10.6. The van der Waals surface area contributed by atoms with Gasteiger partial charge in [-0.05, 0) is 24.6 Å². The van der Waals surface area contributed by atoms with Crippen molar-refractivity contribution in [1.29, 1.82) is 5.26 Å². The molecule has 0 aromatic heterocycles. The molecule has 0 aliphatic carbocycles. The van der Waals surface area contributed by atoms with Gasteiger partial charge >= 0.3 is 5.97 Å². The number of nitrogens with zero attached hydrogens (tertiary/aromatic N) is 1. The SMILES string of the molecule is CCOC(=O)Cc1cc(OC)c(C#N)cc1C(F)F. The summed E-state index contributed by atoms with van der Waals surface area (Å²) in [5.41, 5.74) is -0.250. The molecular weight excluding hydrogens is 256 g/mol. The van der Waals surface area contributed by atoms with E-state index in [4.69, 9.17) is 14.7 Å². The van der Waals surface area contributed by atoms with E-state index in [1.165, 1.54) is 13.2 Å². The highest BCUT2D eigenvalue weighted by molar-refractivity contribution is 5.73. The van der Waals surface area contributed by atoms with E-state index in [0.717, 1.165) is 6.07 Å². The lowest BCUT2D eigenvalue weighted by Crippen LogP contribution is -2.10. The molecule has 0 saturated carbocycles. The molecule has 0 radical (unpaired) electrons. The third-order valence-corrected chi connectivity index (χ3v) is 2.46. The molecule has 0 saturated heterocycles. The van der Waals surface area contributed by atoms with Gasteiger partial charge in [0.05, 0.1) is 25.7 Å². The van der Waals surface area contributed by atoms with E-state index in [2.05, 4.69) is 0 Å². The van der Waals surface area contributed by atoms with Crippen LogP contribution in [0, 0.1) is 11.3 Å². The molecule has 0 N–H and O–H groups in total. The predicted molar refractivity (Wildman–Crippen MR) is 63.0 cm³/mol. The molecule has 0 amide bonds. The van der Waals surface area contributed by atoms with Crippen LogP contribution in [-0.4, -0.2) is 19.7 Å². The minimum absolute atomic E-state index is 0.00501. The van der Waals surface area contributed by atoms with Gasteiger partial charge in [0, 0.05) is 5.56 Å². The smallest absolute Gasteiger partial charge is 0.310 e. The monoisotopic (exact) mass is 269 g/mol. The fourth-order valence-corrected chi connectivity index (χ4v) is 1.62. The minimum atomic E-state index is -2.78. The molecule has 0 fully saturated rings. The Hall–Kier alpha value is -2.16. The highest BCUT2D eigenvalue weighted by Crippen LogP contribution is 2.30. The second kappa shape index (κ2) is 6.69. The Bertz CT molecular complexity index is 509. The molecule has 6 heteroatoms. The standard InChI is InChI=1S/C13H13F2NO3/c1-3-19-12(17)6-8-5-11(18-2)9(7-16)4-10(8)13(14)15/h4-5,13H,3,6H2,1-2H3. The van der Waals surface area contributed by atoms with Gasteiger partial charge in [0.15, 0.2) is 0 Å². The number of hydrogen-bond donors (Lipinski definition) is 0. The number of halogens is 2. The molecule has 0 bridgehead atoms. The molecule has 102 valence electrons. The summed E-state index contributed by atoms with van der Waals surface area (Å²) in [5, 5.41) is 8.85. The number of rotatable bonds is 5. The topological polar surface area (TPSA) is 59.3 Å². The molecule has 1 aromatic carbocycles. The van der Waals surface area contributed by atoms with Crippen molar-refractivity contribution in [2.24, 2.45) is 0 Å². The first kappa shape index (κ1) is 14.9. The summed E-state index contributed by atoms with van der Waals surface area (Å²) in [7, 11) is 1.33. The van der Waals surface area contributed by atoms with E-state index in [1.54, 1.807) is 13.0 Å². The lowest BCUT2D eigenvalue weighted by Gasteiger charge is -2.12. The molecular formula is C13H13F2NO3. The van der Waals surface area contributed by atoms with Gasteiger partial charge in [-0.25, -0.2) is 8.78 Å². The first-order chi connectivity index (χ1) is 9.03. The summed E-state index contributed by atoms with van der Waals surface area (Å²) < 4.78 is 35.5. The number of alkyl halides is 2. The Kier molecular flexibility index (Phi) is 5.24. The molecule has 1 aromatic rings. The van der Waals surface area contributed by atoms with Crippen molar-refractivity contribution < 1.29 is 23.0 Å². The van der Waals surface area contributed by atoms with Crippen molar-refractivity contribution in [2.45, 2.75) is 19.8 Å². The molecule has 0 aliphatic heterocycles. The van der Waals surface area contributed by atoms with Crippen LogP contribution in [0.5, 0.6) is 5.75 Å². The van der Waals surface area contributed by atoms with E-state index in [0.29, 0.717) is 0 Å². The number of carbonyl (C=O) groups excluding carboxylic acids is 1. The second-order valence-electron chi connectivity index (χ2n) is 3.65. The second-order valence-corrected chi connectivity index (χ2v) is 3.65. The van der Waals surface area contributed by atoms with Gasteiger partial charge in [-0.3, -0.25) is 4.79 Å². The number of benzene rings is 1. The van der Waals surface area contributed by atoms with Gasteiger partial charge in [0.1, 0.15) is 11.8 Å². The van der Waals surface area contributed by atoms with Crippen molar-refractivity contribution in [2.75, 3.05) is 13.7 Å². The van der Waals surface area contributed by atoms with Crippen LogP contribution in [0.3, 0.4) is 0 Å². The maximum Gasteiger partial charge on any atom is 0.310 e. The molecule has 0 aliphatic rings.